The summed E-state index contributed by atoms with van der Waals surface area (Å²) >= 11 is 0. The molecule has 2 saturated heterocycles. The Kier molecular flexibility index (Phi) is 7.29. The maximum atomic E-state index is 12.8. The van der Waals surface area contributed by atoms with Gasteiger partial charge in [-0.3, -0.25) is 33.2 Å². The molecule has 8 N–H and O–H groups in total. The van der Waals surface area contributed by atoms with E-state index in [1.165, 1.54) is 24.0 Å². The molecule has 0 amide bonds. The van der Waals surface area contributed by atoms with Gasteiger partial charge in [-0.05, 0) is 6.92 Å². The molecule has 2 fully saturated rings. The van der Waals surface area contributed by atoms with Crippen LogP contribution in [0.15, 0.2) is 26.9 Å². The van der Waals surface area contributed by atoms with Crippen LogP contribution in [0.1, 0.15) is 30.9 Å². The molecule has 7 atom stereocenters. The molecule has 0 bridgehead atoms. The highest BCUT2D eigenvalue weighted by Gasteiger charge is 2.42. The number of nitrogens with zero attached hydrogens (tertiary/aromatic N) is 4. The number of nitrogens with one attached hydrogen (secondary N) is 3. The Balaban J connectivity index is 1.23. The summed E-state index contributed by atoms with van der Waals surface area (Å²) in [5.74, 6) is -0.131. The first-order valence-corrected chi connectivity index (χ1v) is 13.4. The van der Waals surface area contributed by atoms with Crippen LogP contribution in [0.4, 0.5) is 5.95 Å². The number of nitrogens with two attached hydrogens (primary N) is 1. The van der Waals surface area contributed by atoms with Crippen molar-refractivity contribution >= 4 is 24.9 Å². The second-order valence-electron chi connectivity index (χ2n) is 9.29. The van der Waals surface area contributed by atoms with E-state index in [2.05, 4.69) is 25.0 Å². The Bertz CT molecular complexity index is 1600. The number of aromatic nitrogens is 6. The zero-order chi connectivity index (χ0) is 28.1. The Hall–Kier alpha value is -3.22. The lowest BCUT2D eigenvalue weighted by Crippen LogP contribution is -2.37. The minimum atomic E-state index is -4.52. The molecule has 0 aromatic carbocycles. The van der Waals surface area contributed by atoms with Crippen molar-refractivity contribution in [3.8, 4) is 0 Å². The number of aromatic amines is 2. The normalized spacial score (nSPS) is 28.7. The van der Waals surface area contributed by atoms with Gasteiger partial charge in [-0.1, -0.05) is 0 Å². The molecular weight excluding hydrogens is 543 g/mol. The molecule has 3 aromatic heterocycles. The van der Waals surface area contributed by atoms with Gasteiger partial charge in [0.15, 0.2) is 11.2 Å². The fourth-order valence-corrected chi connectivity index (χ4v) is 5.73. The van der Waals surface area contributed by atoms with Crippen LogP contribution in [0, 0.1) is 6.92 Å². The van der Waals surface area contributed by atoms with Gasteiger partial charge in [0.1, 0.15) is 18.6 Å². The maximum Gasteiger partial charge on any atom is 0.403 e. The second-order valence-corrected chi connectivity index (χ2v) is 10.8. The van der Waals surface area contributed by atoms with Gasteiger partial charge in [0.05, 0.1) is 37.8 Å². The second kappa shape index (κ2) is 10.4. The highest BCUT2D eigenvalue weighted by atomic mass is 31.2. The van der Waals surface area contributed by atoms with Gasteiger partial charge in [0.25, 0.3) is 11.1 Å². The fourth-order valence-electron chi connectivity index (χ4n) is 4.62. The standard InChI is InChI=1S/C20H27N8O10P/c1-8-4-27(20(33)25-17(8)31)14-3-10(30)12(38-14)6-36-39(34,35)26-9-2-13(37-11(9)5-29)28-7-22-15-16(28)23-19(21)24-18(15)32/h4,7,9-14,29-30H,2-3,5-6H2,1H3,(H,25,31,33)(H2,26,34,35)(H3,21,23,24,32)/t9-,10-,11+,12+,13+,14+/m0/s1. The summed E-state index contributed by atoms with van der Waals surface area (Å²) in [6.07, 6.45) is -2.18. The Morgan fingerprint density at radius 3 is 2.64 bits per heavy atom. The molecule has 1 unspecified atom stereocenters. The van der Waals surface area contributed by atoms with Gasteiger partial charge in [0, 0.05) is 24.6 Å². The third-order valence-corrected chi connectivity index (χ3v) is 7.74. The van der Waals surface area contributed by atoms with E-state index in [4.69, 9.17) is 19.7 Å². The summed E-state index contributed by atoms with van der Waals surface area (Å²) in [4.78, 5) is 58.8. The molecule has 18 nitrogen and oxygen atoms in total. The zero-order valence-electron chi connectivity index (χ0n) is 20.5. The predicted octanol–water partition coefficient (Wildman–Crippen LogP) is -2.44. The van der Waals surface area contributed by atoms with E-state index in [1.807, 2.05) is 0 Å². The van der Waals surface area contributed by atoms with Gasteiger partial charge in [0.2, 0.25) is 5.95 Å². The number of hydrogen-bond acceptors (Lipinski definition) is 12. The van der Waals surface area contributed by atoms with E-state index in [0.29, 0.717) is 0 Å². The van der Waals surface area contributed by atoms with Gasteiger partial charge >= 0.3 is 13.4 Å². The average molecular weight is 570 g/mol. The summed E-state index contributed by atoms with van der Waals surface area (Å²) in [5, 5.41) is 22.6. The Labute approximate surface area is 218 Å². The SMILES string of the molecule is Cc1cn([C@H]2C[C@H](O)[C@@H](COP(=O)(O)N[C@H]3C[C@H](n4cnc5c(=O)[nH]c(N)nc54)O[C@@H]3CO)O2)c(=O)[nH]c1=O. The predicted molar refractivity (Wildman–Crippen MR) is 131 cm³/mol. The lowest BCUT2D eigenvalue weighted by molar-refractivity contribution is -0.0434. The van der Waals surface area contributed by atoms with Gasteiger partial charge in [-0.25, -0.2) is 19.4 Å². The monoisotopic (exact) mass is 570 g/mol. The minimum Gasteiger partial charge on any atom is -0.394 e. The van der Waals surface area contributed by atoms with E-state index in [9.17, 15) is 34.1 Å². The quantitative estimate of drug-likeness (QED) is 0.139. The first-order valence-electron chi connectivity index (χ1n) is 11.8. The molecule has 0 aliphatic carbocycles. The number of fused-ring (bicyclic) bond motifs is 1. The largest absolute Gasteiger partial charge is 0.403 e. The van der Waals surface area contributed by atoms with Crippen LogP contribution < -0.4 is 27.6 Å². The molecule has 19 heteroatoms. The van der Waals surface area contributed by atoms with Gasteiger partial charge in [-0.15, -0.1) is 0 Å². The van der Waals surface area contributed by atoms with E-state index >= 15 is 0 Å². The number of nitrogen functional groups attached to an aromatic ring is 1. The van der Waals surface area contributed by atoms with Crippen LogP contribution in [-0.4, -0.2) is 81.7 Å². The van der Waals surface area contributed by atoms with Crippen molar-refractivity contribution in [1.29, 1.82) is 0 Å². The third kappa shape index (κ3) is 5.45. The number of hydrogen-bond donors (Lipinski definition) is 7. The van der Waals surface area contributed by atoms with Crippen LogP contribution in [0.2, 0.25) is 0 Å². The fraction of sp³-hybridized carbons (Fsp3) is 0.550. The van der Waals surface area contributed by atoms with Crippen LogP contribution in [0.5, 0.6) is 0 Å². The summed E-state index contributed by atoms with van der Waals surface area (Å²) in [6.45, 7) is 0.497. The van der Waals surface area contributed by atoms with Crippen LogP contribution >= 0.6 is 7.75 Å². The summed E-state index contributed by atoms with van der Waals surface area (Å²) < 4.78 is 32.0. The number of aliphatic hydroxyl groups excluding tert-OH is 2. The number of imidazole rings is 1. The number of ether oxygens (including phenoxy) is 2. The molecule has 0 saturated carbocycles. The van der Waals surface area contributed by atoms with Crippen molar-refractivity contribution in [1.82, 2.24) is 34.2 Å². The number of rotatable bonds is 8. The van der Waals surface area contributed by atoms with Crippen LogP contribution in [0.25, 0.3) is 11.2 Å². The summed E-state index contributed by atoms with van der Waals surface area (Å²) in [5.41, 5.74) is 4.24. The first-order chi connectivity index (χ1) is 18.5. The van der Waals surface area contributed by atoms with Crippen molar-refractivity contribution in [2.45, 2.75) is 56.6 Å². The number of H-pyrrole nitrogens is 2. The molecule has 212 valence electrons. The van der Waals surface area contributed by atoms with E-state index in [0.717, 1.165) is 4.57 Å². The summed E-state index contributed by atoms with van der Waals surface area (Å²) in [6, 6.07) is -0.863. The highest BCUT2D eigenvalue weighted by molar-refractivity contribution is 7.50. The Morgan fingerprint density at radius 1 is 1.18 bits per heavy atom. The maximum absolute atomic E-state index is 12.8. The number of aryl methyl sites for hydroxylation is 1. The molecule has 5 heterocycles. The van der Waals surface area contributed by atoms with Gasteiger partial charge < -0.3 is 30.3 Å². The van der Waals surface area contributed by atoms with Crippen molar-refractivity contribution in [3.63, 3.8) is 0 Å². The van der Waals surface area contributed by atoms with Gasteiger partial charge in [-0.2, -0.15) is 4.98 Å². The van der Waals surface area contributed by atoms with Crippen molar-refractivity contribution in [2.24, 2.45) is 0 Å². The first kappa shape index (κ1) is 27.4. The molecule has 0 radical (unpaired) electrons. The number of anilines is 1. The van der Waals surface area contributed by atoms with E-state index in [-0.39, 0.29) is 35.5 Å². The molecule has 2 aliphatic heterocycles. The van der Waals surface area contributed by atoms with Crippen molar-refractivity contribution in [3.05, 3.63) is 49.3 Å². The van der Waals surface area contributed by atoms with E-state index < -0.39 is 74.6 Å². The molecule has 0 spiro atoms. The minimum absolute atomic E-state index is 0.0203. The smallest absolute Gasteiger partial charge is 0.394 e. The molecular formula is C20H27N8O10P. The molecule has 5 rings (SSSR count). The van der Waals surface area contributed by atoms with E-state index in [1.54, 1.807) is 0 Å². The Morgan fingerprint density at radius 2 is 1.90 bits per heavy atom. The van der Waals surface area contributed by atoms with Crippen molar-refractivity contribution in [2.75, 3.05) is 18.9 Å². The molecule has 3 aromatic rings. The average Bonchev–Trinajstić information content (AvgIpc) is 3.56. The lowest BCUT2D eigenvalue weighted by Gasteiger charge is -2.23. The topological polar surface area (TPSA) is 262 Å². The molecule has 39 heavy (non-hydrogen) atoms. The lowest BCUT2D eigenvalue weighted by atomic mass is 10.1. The third-order valence-electron chi connectivity index (χ3n) is 6.58. The van der Waals surface area contributed by atoms with Crippen LogP contribution in [0.3, 0.4) is 0 Å². The number of aliphatic hydroxyl groups is 2. The highest BCUT2D eigenvalue weighted by Crippen LogP contribution is 2.43. The summed E-state index contributed by atoms with van der Waals surface area (Å²) in [7, 11) is -4.52. The molecule has 2 aliphatic rings. The van der Waals surface area contributed by atoms with Crippen LogP contribution in [-0.2, 0) is 18.6 Å². The van der Waals surface area contributed by atoms with Crippen molar-refractivity contribution < 1.29 is 33.7 Å². The zero-order valence-corrected chi connectivity index (χ0v) is 21.4.